The van der Waals surface area contributed by atoms with Crippen LogP contribution in [0.2, 0.25) is 0 Å². The number of carbonyl (C=O) groups is 1. The summed E-state index contributed by atoms with van der Waals surface area (Å²) in [7, 11) is 0. The Hall–Kier alpha value is -2.99. The van der Waals surface area contributed by atoms with Crippen molar-refractivity contribution in [3.63, 3.8) is 0 Å². The summed E-state index contributed by atoms with van der Waals surface area (Å²) in [5.74, 6) is -0.436. The van der Waals surface area contributed by atoms with Gasteiger partial charge in [0, 0.05) is 11.5 Å². The monoisotopic (exact) mass is 352 g/mol. The van der Waals surface area contributed by atoms with Crippen molar-refractivity contribution in [2.75, 3.05) is 11.9 Å². The summed E-state index contributed by atoms with van der Waals surface area (Å²) in [5.41, 5.74) is 0.865. The number of fused-ring (bicyclic) bond motifs is 3. The van der Waals surface area contributed by atoms with Crippen LogP contribution in [0.25, 0.3) is 21.0 Å². The lowest BCUT2D eigenvalue weighted by molar-refractivity contribution is -0.118. The van der Waals surface area contributed by atoms with Crippen molar-refractivity contribution in [3.05, 3.63) is 66.5 Å². The smallest absolute Gasteiger partial charge is 0.264 e. The predicted octanol–water partition coefficient (Wildman–Crippen LogP) is 4.61. The van der Waals surface area contributed by atoms with Gasteiger partial charge in [-0.1, -0.05) is 47.7 Å². The number of carbonyl (C=O) groups excluding carboxylic acids is 1. The molecule has 4 aromatic rings. The molecule has 0 unspecified atom stereocenters. The first-order valence-electron chi connectivity index (χ1n) is 7.65. The van der Waals surface area contributed by atoms with Crippen LogP contribution >= 0.6 is 11.3 Å². The maximum Gasteiger partial charge on any atom is 0.264 e. The van der Waals surface area contributed by atoms with Gasteiger partial charge in [0.05, 0.1) is 10.2 Å². The fourth-order valence-corrected chi connectivity index (χ4v) is 3.47. The van der Waals surface area contributed by atoms with Gasteiger partial charge in [0.1, 0.15) is 11.6 Å². The Bertz CT molecular complexity index is 1080. The molecule has 0 atom stereocenters. The molecule has 1 amide bonds. The Morgan fingerprint density at radius 1 is 1.12 bits per heavy atom. The number of halogens is 1. The van der Waals surface area contributed by atoms with Gasteiger partial charge in [0.2, 0.25) is 0 Å². The number of thiazole rings is 1. The van der Waals surface area contributed by atoms with Gasteiger partial charge >= 0.3 is 0 Å². The molecule has 0 radical (unpaired) electrons. The third kappa shape index (κ3) is 3.29. The molecule has 0 aliphatic heterocycles. The van der Waals surface area contributed by atoms with Crippen molar-refractivity contribution < 1.29 is 13.9 Å². The van der Waals surface area contributed by atoms with E-state index in [9.17, 15) is 9.18 Å². The predicted molar refractivity (Wildman–Crippen MR) is 97.7 cm³/mol. The average Bonchev–Trinajstić information content (AvgIpc) is 3.03. The number of amides is 1. The molecule has 0 saturated carbocycles. The van der Waals surface area contributed by atoms with Crippen molar-refractivity contribution in [1.29, 1.82) is 0 Å². The second-order valence-electron chi connectivity index (χ2n) is 5.45. The average molecular weight is 352 g/mol. The van der Waals surface area contributed by atoms with Crippen LogP contribution in [0.1, 0.15) is 0 Å². The number of hydrogen-bond acceptors (Lipinski definition) is 4. The van der Waals surface area contributed by atoms with E-state index in [1.807, 2.05) is 36.4 Å². The lowest BCUT2D eigenvalue weighted by atomic mass is 10.1. The normalized spacial score (nSPS) is 10.9. The zero-order valence-corrected chi connectivity index (χ0v) is 13.8. The molecule has 0 fully saturated rings. The van der Waals surface area contributed by atoms with Gasteiger partial charge in [0.25, 0.3) is 5.91 Å². The summed E-state index contributed by atoms with van der Waals surface area (Å²) >= 11 is 1.41. The molecule has 3 aromatic carbocycles. The zero-order valence-electron chi connectivity index (χ0n) is 13.0. The standard InChI is InChI=1S/C19H13FN2O2S/c20-13-5-3-6-14(10-13)24-11-17(23)21-19-22-18-15-7-2-1-4-12(15)8-9-16(18)25-19/h1-10H,11H2,(H,21,22,23). The van der Waals surface area contributed by atoms with Crippen LogP contribution in [-0.2, 0) is 4.79 Å². The van der Waals surface area contributed by atoms with E-state index >= 15 is 0 Å². The van der Waals surface area contributed by atoms with Crippen molar-refractivity contribution in [1.82, 2.24) is 4.98 Å². The van der Waals surface area contributed by atoms with Gasteiger partial charge < -0.3 is 4.74 Å². The van der Waals surface area contributed by atoms with E-state index in [4.69, 9.17) is 4.74 Å². The molecule has 0 spiro atoms. The zero-order chi connectivity index (χ0) is 17.2. The molecule has 0 saturated heterocycles. The summed E-state index contributed by atoms with van der Waals surface area (Å²) in [5, 5.41) is 5.40. The Morgan fingerprint density at radius 2 is 2.00 bits per heavy atom. The molecule has 4 rings (SSSR count). The van der Waals surface area contributed by atoms with E-state index in [0.29, 0.717) is 10.9 Å². The summed E-state index contributed by atoms with van der Waals surface area (Å²) in [6.07, 6.45) is 0. The van der Waals surface area contributed by atoms with E-state index in [-0.39, 0.29) is 12.5 Å². The second kappa shape index (κ2) is 6.49. The second-order valence-corrected chi connectivity index (χ2v) is 6.48. The van der Waals surface area contributed by atoms with Crippen molar-refractivity contribution in [2.24, 2.45) is 0 Å². The fraction of sp³-hybridized carbons (Fsp3) is 0.0526. The van der Waals surface area contributed by atoms with Crippen LogP contribution in [0.5, 0.6) is 5.75 Å². The molecule has 1 aromatic heterocycles. The van der Waals surface area contributed by atoms with E-state index in [2.05, 4.69) is 10.3 Å². The fourth-order valence-electron chi connectivity index (χ4n) is 2.58. The highest BCUT2D eigenvalue weighted by molar-refractivity contribution is 7.22. The summed E-state index contributed by atoms with van der Waals surface area (Å²) in [4.78, 5) is 16.6. The van der Waals surface area contributed by atoms with Crippen molar-refractivity contribution >= 4 is 43.4 Å². The lowest BCUT2D eigenvalue weighted by Crippen LogP contribution is -2.20. The van der Waals surface area contributed by atoms with Gasteiger partial charge in [0.15, 0.2) is 11.7 Å². The Kier molecular flexibility index (Phi) is 4.03. The number of rotatable bonds is 4. The Labute approximate surface area is 146 Å². The van der Waals surface area contributed by atoms with Gasteiger partial charge in [-0.3, -0.25) is 10.1 Å². The highest BCUT2D eigenvalue weighted by atomic mass is 32.1. The molecule has 4 nitrogen and oxygen atoms in total. The quantitative estimate of drug-likeness (QED) is 0.584. The first-order valence-corrected chi connectivity index (χ1v) is 8.47. The van der Waals surface area contributed by atoms with Crippen molar-refractivity contribution in [3.8, 4) is 5.75 Å². The number of nitrogens with one attached hydrogen (secondary N) is 1. The summed E-state index contributed by atoms with van der Waals surface area (Å²) in [6, 6.07) is 17.7. The van der Waals surface area contributed by atoms with E-state index in [0.717, 1.165) is 21.0 Å². The summed E-state index contributed by atoms with van der Waals surface area (Å²) < 4.78 is 19.4. The topological polar surface area (TPSA) is 51.2 Å². The van der Waals surface area contributed by atoms with Gasteiger partial charge in [-0.2, -0.15) is 0 Å². The number of anilines is 1. The Balaban J connectivity index is 1.50. The van der Waals surface area contributed by atoms with Gasteiger partial charge in [-0.25, -0.2) is 9.37 Å². The third-order valence-electron chi connectivity index (χ3n) is 3.70. The molecule has 25 heavy (non-hydrogen) atoms. The highest BCUT2D eigenvalue weighted by Gasteiger charge is 2.10. The molecule has 0 aliphatic rings. The summed E-state index contributed by atoms with van der Waals surface area (Å²) in [6.45, 7) is -0.208. The first kappa shape index (κ1) is 15.5. The van der Waals surface area contributed by atoms with Crippen LogP contribution in [0.4, 0.5) is 9.52 Å². The third-order valence-corrected chi connectivity index (χ3v) is 4.63. The number of benzene rings is 3. The number of ether oxygens (including phenoxy) is 1. The minimum atomic E-state index is -0.407. The minimum absolute atomic E-state index is 0.208. The number of hydrogen-bond donors (Lipinski definition) is 1. The molecule has 0 bridgehead atoms. The lowest BCUT2D eigenvalue weighted by Gasteiger charge is -2.05. The SMILES string of the molecule is O=C(COc1cccc(F)c1)Nc1nc2c(ccc3ccccc32)s1. The largest absolute Gasteiger partial charge is 0.484 e. The van der Waals surface area contributed by atoms with E-state index in [1.54, 1.807) is 6.07 Å². The van der Waals surface area contributed by atoms with Crippen LogP contribution in [-0.4, -0.2) is 17.5 Å². The molecule has 124 valence electrons. The number of nitrogens with zero attached hydrogens (tertiary/aromatic N) is 1. The highest BCUT2D eigenvalue weighted by Crippen LogP contribution is 2.31. The van der Waals surface area contributed by atoms with E-state index < -0.39 is 5.82 Å². The molecule has 0 aliphatic carbocycles. The molecule has 1 N–H and O–H groups in total. The minimum Gasteiger partial charge on any atom is -0.484 e. The molecular formula is C19H13FN2O2S. The maximum absolute atomic E-state index is 13.1. The van der Waals surface area contributed by atoms with Crippen LogP contribution in [0.3, 0.4) is 0 Å². The van der Waals surface area contributed by atoms with Gasteiger partial charge in [-0.05, 0) is 23.6 Å². The number of aromatic nitrogens is 1. The van der Waals surface area contributed by atoms with Crippen molar-refractivity contribution in [2.45, 2.75) is 0 Å². The van der Waals surface area contributed by atoms with E-state index in [1.165, 1.54) is 29.5 Å². The van der Waals surface area contributed by atoms with Gasteiger partial charge in [-0.15, -0.1) is 0 Å². The molecule has 1 heterocycles. The van der Waals surface area contributed by atoms with Crippen LogP contribution in [0.15, 0.2) is 60.7 Å². The molecule has 6 heteroatoms. The maximum atomic E-state index is 13.1. The molecular weight excluding hydrogens is 339 g/mol. The van der Waals surface area contributed by atoms with Crippen LogP contribution < -0.4 is 10.1 Å². The van der Waals surface area contributed by atoms with Crippen LogP contribution in [0, 0.1) is 5.82 Å². The Morgan fingerprint density at radius 3 is 2.88 bits per heavy atom. The first-order chi connectivity index (χ1) is 12.2.